The number of nitrogens with one attached hydrogen (secondary N) is 1. The SMILES string of the molecule is CCN1CCN(c2ccc(Nc3ncc(F)c(-c4sc5c(ncn5C5CCCC5)c4C)n3)nc2)CC1. The lowest BCUT2D eigenvalue weighted by Crippen LogP contribution is -2.46. The van der Waals surface area contributed by atoms with Crippen LogP contribution in [-0.2, 0) is 0 Å². The summed E-state index contributed by atoms with van der Waals surface area (Å²) in [5, 5.41) is 3.15. The predicted molar refractivity (Wildman–Crippen MR) is 143 cm³/mol. The molecule has 0 radical (unpaired) electrons. The topological polar surface area (TPSA) is 75.0 Å². The van der Waals surface area contributed by atoms with Crippen LogP contribution in [0.5, 0.6) is 0 Å². The van der Waals surface area contributed by atoms with Gasteiger partial charge in [0.05, 0.1) is 29.3 Å². The second-order valence-electron chi connectivity index (χ2n) is 9.64. The minimum atomic E-state index is -0.436. The van der Waals surface area contributed by atoms with E-state index in [0.29, 0.717) is 23.5 Å². The number of hydrogen-bond acceptors (Lipinski definition) is 8. The van der Waals surface area contributed by atoms with E-state index < -0.39 is 5.82 Å². The lowest BCUT2D eigenvalue weighted by Gasteiger charge is -2.35. The molecule has 0 atom stereocenters. The lowest BCUT2D eigenvalue weighted by atomic mass is 10.2. The number of halogens is 1. The highest BCUT2D eigenvalue weighted by molar-refractivity contribution is 7.22. The maximum atomic E-state index is 14.9. The van der Waals surface area contributed by atoms with Crippen molar-refractivity contribution in [1.29, 1.82) is 0 Å². The van der Waals surface area contributed by atoms with E-state index in [1.807, 2.05) is 25.5 Å². The number of likely N-dealkylation sites (N-methyl/N-ethyl adjacent to an activating group) is 1. The van der Waals surface area contributed by atoms with Crippen LogP contribution >= 0.6 is 11.3 Å². The highest BCUT2D eigenvalue weighted by Gasteiger charge is 2.24. The monoisotopic (exact) mass is 506 g/mol. The van der Waals surface area contributed by atoms with Crippen LogP contribution in [0, 0.1) is 12.7 Å². The maximum absolute atomic E-state index is 14.9. The van der Waals surface area contributed by atoms with Gasteiger partial charge in [-0.2, -0.15) is 0 Å². The summed E-state index contributed by atoms with van der Waals surface area (Å²) in [5.74, 6) is 0.521. The van der Waals surface area contributed by atoms with E-state index in [-0.39, 0.29) is 0 Å². The van der Waals surface area contributed by atoms with Gasteiger partial charge in [0.2, 0.25) is 5.95 Å². The third kappa shape index (κ3) is 4.32. The number of aryl methyl sites for hydroxylation is 1. The molecule has 1 saturated carbocycles. The second-order valence-corrected chi connectivity index (χ2v) is 10.6. The van der Waals surface area contributed by atoms with Crippen LogP contribution in [0.15, 0.2) is 30.9 Å². The minimum Gasteiger partial charge on any atom is -0.368 e. The van der Waals surface area contributed by atoms with Crippen molar-refractivity contribution in [2.45, 2.75) is 45.6 Å². The quantitative estimate of drug-likeness (QED) is 0.375. The summed E-state index contributed by atoms with van der Waals surface area (Å²) in [7, 11) is 0. The Labute approximate surface area is 214 Å². The van der Waals surface area contributed by atoms with Gasteiger partial charge in [0.15, 0.2) is 5.82 Å². The van der Waals surface area contributed by atoms with Crippen molar-refractivity contribution in [2.24, 2.45) is 0 Å². The first-order valence-electron chi connectivity index (χ1n) is 12.8. The molecule has 1 aliphatic carbocycles. The van der Waals surface area contributed by atoms with Crippen LogP contribution in [0.1, 0.15) is 44.2 Å². The van der Waals surface area contributed by atoms with Crippen molar-refractivity contribution < 1.29 is 4.39 Å². The molecule has 0 unspecified atom stereocenters. The van der Waals surface area contributed by atoms with E-state index in [2.05, 4.69) is 52.6 Å². The van der Waals surface area contributed by atoms with Crippen LogP contribution in [-0.4, -0.2) is 62.1 Å². The molecule has 4 aromatic rings. The van der Waals surface area contributed by atoms with Crippen molar-refractivity contribution in [2.75, 3.05) is 42.9 Å². The van der Waals surface area contributed by atoms with Gasteiger partial charge < -0.3 is 19.7 Å². The van der Waals surface area contributed by atoms with Crippen LogP contribution < -0.4 is 10.2 Å². The van der Waals surface area contributed by atoms with Gasteiger partial charge in [-0.3, -0.25) is 0 Å². The number of fused-ring (bicyclic) bond motifs is 1. The minimum absolute atomic E-state index is 0.302. The molecule has 8 nitrogen and oxygen atoms in total. The Morgan fingerprint density at radius 1 is 1.06 bits per heavy atom. The lowest BCUT2D eigenvalue weighted by molar-refractivity contribution is 0.271. The molecule has 1 aliphatic heterocycles. The van der Waals surface area contributed by atoms with E-state index in [0.717, 1.165) is 59.2 Å². The van der Waals surface area contributed by atoms with Crippen LogP contribution in [0.4, 0.5) is 21.8 Å². The van der Waals surface area contributed by atoms with Gasteiger partial charge in [-0.25, -0.2) is 24.3 Å². The molecule has 1 N–H and O–H groups in total. The Bertz CT molecular complexity index is 1350. The average Bonchev–Trinajstić information content (AvgIpc) is 3.65. The van der Waals surface area contributed by atoms with Crippen LogP contribution in [0.2, 0.25) is 0 Å². The fraction of sp³-hybridized carbons (Fsp3) is 0.462. The molecular formula is C26H31FN8S. The standard InChI is InChI=1S/C26H31FN8S/c1-3-33-10-12-34(13-11-33)19-8-9-21(28-14-19)31-26-29-15-20(27)23(32-26)24-17(2)22-25(36-24)35(16-30-22)18-6-4-5-7-18/h8-9,14-16,18H,3-7,10-13H2,1-2H3,(H,28,29,31,32). The molecule has 10 heteroatoms. The van der Waals surface area contributed by atoms with Crippen molar-refractivity contribution in [3.8, 4) is 10.6 Å². The Morgan fingerprint density at radius 3 is 2.58 bits per heavy atom. The van der Waals surface area contributed by atoms with Gasteiger partial charge in [0, 0.05) is 32.2 Å². The van der Waals surface area contributed by atoms with Gasteiger partial charge in [-0.1, -0.05) is 19.8 Å². The Balaban J connectivity index is 1.22. The highest BCUT2D eigenvalue weighted by atomic mass is 32.1. The Morgan fingerprint density at radius 2 is 1.86 bits per heavy atom. The zero-order valence-electron chi connectivity index (χ0n) is 20.7. The fourth-order valence-electron chi connectivity index (χ4n) is 5.33. The van der Waals surface area contributed by atoms with Crippen LogP contribution in [0.25, 0.3) is 20.9 Å². The van der Waals surface area contributed by atoms with Gasteiger partial charge in [0.25, 0.3) is 0 Å². The van der Waals surface area contributed by atoms with Gasteiger partial charge in [-0.05, 0) is 44.0 Å². The third-order valence-corrected chi connectivity index (χ3v) is 8.79. The van der Waals surface area contributed by atoms with E-state index >= 15 is 0 Å². The van der Waals surface area contributed by atoms with E-state index in [1.54, 1.807) is 11.3 Å². The summed E-state index contributed by atoms with van der Waals surface area (Å²) < 4.78 is 17.2. The number of aromatic nitrogens is 5. The predicted octanol–water partition coefficient (Wildman–Crippen LogP) is 5.40. The smallest absolute Gasteiger partial charge is 0.229 e. The van der Waals surface area contributed by atoms with Crippen molar-refractivity contribution in [3.63, 3.8) is 0 Å². The second kappa shape index (κ2) is 9.74. The number of imidazole rings is 1. The summed E-state index contributed by atoms with van der Waals surface area (Å²) >= 11 is 1.56. The maximum Gasteiger partial charge on any atom is 0.229 e. The number of hydrogen-bond donors (Lipinski definition) is 1. The summed E-state index contributed by atoms with van der Waals surface area (Å²) in [4.78, 5) is 24.6. The van der Waals surface area contributed by atoms with Gasteiger partial charge in [-0.15, -0.1) is 11.3 Å². The first-order chi connectivity index (χ1) is 17.6. The summed E-state index contributed by atoms with van der Waals surface area (Å²) in [5.41, 5.74) is 3.30. The Kier molecular flexibility index (Phi) is 6.30. The molecule has 6 rings (SSSR count). The molecule has 5 heterocycles. The molecule has 0 bridgehead atoms. The number of piperazine rings is 1. The molecule has 0 spiro atoms. The fourth-order valence-corrected chi connectivity index (χ4v) is 6.61. The van der Waals surface area contributed by atoms with Gasteiger partial charge in [0.1, 0.15) is 21.9 Å². The summed E-state index contributed by atoms with van der Waals surface area (Å²) in [6, 6.07) is 4.47. The van der Waals surface area contributed by atoms with Crippen molar-refractivity contribution >= 4 is 39.1 Å². The molecule has 2 aliphatic rings. The first kappa shape index (κ1) is 23.3. The molecule has 188 valence electrons. The molecule has 1 saturated heterocycles. The summed E-state index contributed by atoms with van der Waals surface area (Å²) in [6.07, 6.45) is 9.90. The van der Waals surface area contributed by atoms with Gasteiger partial charge >= 0.3 is 0 Å². The zero-order chi connectivity index (χ0) is 24.6. The largest absolute Gasteiger partial charge is 0.368 e. The number of pyridine rings is 1. The average molecular weight is 507 g/mol. The molecular weight excluding hydrogens is 475 g/mol. The van der Waals surface area contributed by atoms with Crippen LogP contribution in [0.3, 0.4) is 0 Å². The number of thiophene rings is 1. The molecule has 4 aromatic heterocycles. The highest BCUT2D eigenvalue weighted by Crippen LogP contribution is 2.41. The molecule has 2 fully saturated rings. The molecule has 0 amide bonds. The first-order valence-corrected chi connectivity index (χ1v) is 13.6. The Hall–Kier alpha value is -3.11. The summed E-state index contributed by atoms with van der Waals surface area (Å²) in [6.45, 7) is 9.42. The third-order valence-electron chi connectivity index (χ3n) is 7.49. The number of nitrogens with zero attached hydrogens (tertiary/aromatic N) is 7. The van der Waals surface area contributed by atoms with E-state index in [1.165, 1.54) is 31.9 Å². The normalized spacial score (nSPS) is 17.4. The zero-order valence-corrected chi connectivity index (χ0v) is 21.6. The van der Waals surface area contributed by atoms with E-state index in [9.17, 15) is 4.39 Å². The number of rotatable bonds is 6. The van der Waals surface area contributed by atoms with Crippen molar-refractivity contribution in [3.05, 3.63) is 42.2 Å². The van der Waals surface area contributed by atoms with Crippen molar-refractivity contribution in [1.82, 2.24) is 29.4 Å². The number of anilines is 3. The molecule has 0 aromatic carbocycles. The van der Waals surface area contributed by atoms with E-state index in [4.69, 9.17) is 0 Å². The molecule has 36 heavy (non-hydrogen) atoms.